The SMILES string of the molecule is c1ccc(-c2ccc(N(c3cccc(-c4c(-c5ccccc5)cc(-c5ccccc5)cc4-c4ccccc4)c3)c3cc4ccccc4c4ccccc34)cc2)cc1. The molecule has 0 saturated heterocycles. The van der Waals surface area contributed by atoms with Crippen LogP contribution >= 0.6 is 0 Å². The van der Waals surface area contributed by atoms with E-state index < -0.39 is 0 Å². The monoisotopic (exact) mass is 725 g/mol. The zero-order valence-corrected chi connectivity index (χ0v) is 31.5. The molecular formula is C56H39N. The summed E-state index contributed by atoms with van der Waals surface area (Å²) < 4.78 is 0. The highest BCUT2D eigenvalue weighted by atomic mass is 15.1. The third-order valence-electron chi connectivity index (χ3n) is 11.0. The minimum atomic E-state index is 1.09. The van der Waals surface area contributed by atoms with Gasteiger partial charge >= 0.3 is 0 Å². The van der Waals surface area contributed by atoms with Gasteiger partial charge in [-0.05, 0) is 114 Å². The van der Waals surface area contributed by atoms with Crippen molar-refractivity contribution in [2.75, 3.05) is 4.90 Å². The lowest BCUT2D eigenvalue weighted by atomic mass is 9.84. The first-order chi connectivity index (χ1) is 28.3. The normalized spacial score (nSPS) is 11.2. The van der Waals surface area contributed by atoms with Crippen molar-refractivity contribution in [3.05, 3.63) is 237 Å². The van der Waals surface area contributed by atoms with Crippen molar-refractivity contribution in [2.45, 2.75) is 0 Å². The minimum Gasteiger partial charge on any atom is -0.310 e. The van der Waals surface area contributed by atoms with Crippen molar-refractivity contribution in [1.29, 1.82) is 0 Å². The molecule has 0 radical (unpaired) electrons. The van der Waals surface area contributed by atoms with Crippen LogP contribution in [0.2, 0.25) is 0 Å². The Morgan fingerprint density at radius 1 is 0.246 bits per heavy atom. The van der Waals surface area contributed by atoms with Crippen LogP contribution in [0, 0.1) is 0 Å². The number of rotatable bonds is 8. The van der Waals surface area contributed by atoms with Gasteiger partial charge in [-0.15, -0.1) is 0 Å². The Kier molecular flexibility index (Phi) is 8.95. The van der Waals surface area contributed by atoms with Crippen LogP contribution in [0.5, 0.6) is 0 Å². The second-order valence-corrected chi connectivity index (χ2v) is 14.5. The Morgan fingerprint density at radius 2 is 0.702 bits per heavy atom. The predicted molar refractivity (Wildman–Crippen MR) is 243 cm³/mol. The lowest BCUT2D eigenvalue weighted by Crippen LogP contribution is -2.11. The molecule has 1 heteroatoms. The molecule has 0 aliphatic heterocycles. The van der Waals surface area contributed by atoms with E-state index in [0.717, 1.165) is 22.6 Å². The maximum atomic E-state index is 2.44. The summed E-state index contributed by atoms with van der Waals surface area (Å²) in [4.78, 5) is 2.44. The summed E-state index contributed by atoms with van der Waals surface area (Å²) in [6, 6.07) is 85.8. The summed E-state index contributed by atoms with van der Waals surface area (Å²) in [6.07, 6.45) is 0. The summed E-state index contributed by atoms with van der Waals surface area (Å²) in [7, 11) is 0. The van der Waals surface area contributed by atoms with Crippen LogP contribution in [-0.2, 0) is 0 Å². The van der Waals surface area contributed by atoms with Crippen LogP contribution < -0.4 is 4.90 Å². The molecule has 0 spiro atoms. The fourth-order valence-electron chi connectivity index (χ4n) is 8.32. The van der Waals surface area contributed by atoms with Crippen LogP contribution in [0.4, 0.5) is 17.1 Å². The van der Waals surface area contributed by atoms with E-state index in [9.17, 15) is 0 Å². The van der Waals surface area contributed by atoms with Gasteiger partial charge in [0.25, 0.3) is 0 Å². The van der Waals surface area contributed by atoms with Crippen LogP contribution in [0.25, 0.3) is 77.2 Å². The summed E-state index contributed by atoms with van der Waals surface area (Å²) in [6.45, 7) is 0. The molecular weight excluding hydrogens is 687 g/mol. The lowest BCUT2D eigenvalue weighted by Gasteiger charge is -2.28. The maximum absolute atomic E-state index is 2.44. The third kappa shape index (κ3) is 6.56. The summed E-state index contributed by atoms with van der Waals surface area (Å²) >= 11 is 0. The number of anilines is 3. The lowest BCUT2D eigenvalue weighted by molar-refractivity contribution is 1.30. The molecule has 0 aliphatic carbocycles. The Bertz CT molecular complexity index is 2910. The molecule has 0 unspecified atom stereocenters. The summed E-state index contributed by atoms with van der Waals surface area (Å²) in [5.74, 6) is 0. The van der Waals surface area contributed by atoms with E-state index in [4.69, 9.17) is 0 Å². The highest BCUT2D eigenvalue weighted by molar-refractivity contribution is 6.14. The fraction of sp³-hybridized carbons (Fsp3) is 0. The molecule has 0 aliphatic rings. The zero-order chi connectivity index (χ0) is 38.0. The van der Waals surface area contributed by atoms with E-state index in [-0.39, 0.29) is 0 Å². The Morgan fingerprint density at radius 3 is 1.30 bits per heavy atom. The molecule has 10 aromatic carbocycles. The smallest absolute Gasteiger partial charge is 0.0546 e. The first-order valence-electron chi connectivity index (χ1n) is 19.6. The second-order valence-electron chi connectivity index (χ2n) is 14.5. The predicted octanol–water partition coefficient (Wildman–Crippen LogP) is 15.8. The zero-order valence-electron chi connectivity index (χ0n) is 31.5. The molecule has 10 aromatic rings. The van der Waals surface area contributed by atoms with Crippen LogP contribution in [-0.4, -0.2) is 0 Å². The molecule has 0 bridgehead atoms. The van der Waals surface area contributed by atoms with Crippen molar-refractivity contribution in [3.63, 3.8) is 0 Å². The maximum Gasteiger partial charge on any atom is 0.0546 e. The molecule has 57 heavy (non-hydrogen) atoms. The molecule has 0 saturated carbocycles. The third-order valence-corrected chi connectivity index (χ3v) is 11.0. The van der Waals surface area contributed by atoms with E-state index >= 15 is 0 Å². The van der Waals surface area contributed by atoms with Gasteiger partial charge in [0.05, 0.1) is 5.69 Å². The first kappa shape index (κ1) is 34.0. The molecule has 0 atom stereocenters. The first-order valence-corrected chi connectivity index (χ1v) is 19.6. The molecule has 0 N–H and O–H groups in total. The van der Waals surface area contributed by atoms with Crippen LogP contribution in [0.1, 0.15) is 0 Å². The van der Waals surface area contributed by atoms with E-state index in [2.05, 4.69) is 241 Å². The molecule has 0 amide bonds. The molecule has 0 heterocycles. The van der Waals surface area contributed by atoms with E-state index in [0.29, 0.717) is 0 Å². The minimum absolute atomic E-state index is 1.09. The van der Waals surface area contributed by atoms with Crippen molar-refractivity contribution in [1.82, 2.24) is 0 Å². The molecule has 0 fully saturated rings. The average Bonchev–Trinajstić information content (AvgIpc) is 3.30. The van der Waals surface area contributed by atoms with Crippen molar-refractivity contribution < 1.29 is 0 Å². The van der Waals surface area contributed by atoms with Crippen molar-refractivity contribution in [3.8, 4) is 55.6 Å². The summed E-state index contributed by atoms with van der Waals surface area (Å²) in [5, 5.41) is 4.91. The molecule has 1 nitrogen and oxygen atoms in total. The number of benzene rings is 10. The van der Waals surface area contributed by atoms with Gasteiger partial charge < -0.3 is 4.90 Å². The quantitative estimate of drug-likeness (QED) is 0.141. The van der Waals surface area contributed by atoms with Gasteiger partial charge in [0.1, 0.15) is 0 Å². The topological polar surface area (TPSA) is 3.24 Å². The Balaban J connectivity index is 1.23. The highest BCUT2D eigenvalue weighted by Gasteiger charge is 2.21. The number of hydrogen-bond acceptors (Lipinski definition) is 1. The molecule has 0 aromatic heterocycles. The summed E-state index contributed by atoms with van der Waals surface area (Å²) in [5.41, 5.74) is 15.2. The van der Waals surface area contributed by atoms with E-state index in [1.165, 1.54) is 71.6 Å². The van der Waals surface area contributed by atoms with Gasteiger partial charge in [-0.2, -0.15) is 0 Å². The standard InChI is InChI=1S/C56H39N/c1-5-18-40(19-6-1)42-32-34-48(35-33-42)57(55-39-45-26-13-14-29-50(45)51-30-15-16-31-52(51)55)49-28-17-27-46(36-49)56-53(43-22-9-3-10-23-43)37-47(41-20-7-2-8-21-41)38-54(56)44-24-11-4-12-25-44/h1-39H. The van der Waals surface area contributed by atoms with Gasteiger partial charge in [-0.1, -0.05) is 194 Å². The van der Waals surface area contributed by atoms with Gasteiger partial charge in [0, 0.05) is 16.8 Å². The van der Waals surface area contributed by atoms with Gasteiger partial charge in [-0.25, -0.2) is 0 Å². The number of hydrogen-bond donors (Lipinski definition) is 0. The Hall–Kier alpha value is -7.48. The molecule has 10 rings (SSSR count). The van der Waals surface area contributed by atoms with Crippen LogP contribution in [0.3, 0.4) is 0 Å². The van der Waals surface area contributed by atoms with Crippen LogP contribution in [0.15, 0.2) is 237 Å². The average molecular weight is 726 g/mol. The highest BCUT2D eigenvalue weighted by Crippen LogP contribution is 2.47. The fourth-order valence-corrected chi connectivity index (χ4v) is 8.32. The number of nitrogens with zero attached hydrogens (tertiary/aromatic N) is 1. The Labute approximate surface area is 334 Å². The molecule has 268 valence electrons. The van der Waals surface area contributed by atoms with E-state index in [1.54, 1.807) is 0 Å². The van der Waals surface area contributed by atoms with E-state index in [1.807, 2.05) is 0 Å². The second kappa shape index (κ2) is 15.0. The van der Waals surface area contributed by atoms with Gasteiger partial charge in [0.2, 0.25) is 0 Å². The van der Waals surface area contributed by atoms with Crippen molar-refractivity contribution >= 4 is 38.6 Å². The largest absolute Gasteiger partial charge is 0.310 e. The van der Waals surface area contributed by atoms with Gasteiger partial charge in [-0.3, -0.25) is 0 Å². The number of fused-ring (bicyclic) bond motifs is 3. The van der Waals surface area contributed by atoms with Gasteiger partial charge in [0.15, 0.2) is 0 Å². The van der Waals surface area contributed by atoms with Crippen molar-refractivity contribution in [2.24, 2.45) is 0 Å².